The maximum absolute atomic E-state index is 14.0. The number of nitrogens with one attached hydrogen (secondary N) is 1. The lowest BCUT2D eigenvalue weighted by atomic mass is 10.0. The highest BCUT2D eigenvalue weighted by molar-refractivity contribution is 9.10. The minimum Gasteiger partial charge on any atom is -0.308 e. The van der Waals surface area contributed by atoms with Crippen LogP contribution in [0.1, 0.15) is 17.3 Å². The molecule has 0 amide bonds. The molecule has 2 rings (SSSR count). The van der Waals surface area contributed by atoms with Gasteiger partial charge < -0.3 is 5.32 Å². The molecule has 0 saturated heterocycles. The van der Waals surface area contributed by atoms with Gasteiger partial charge in [0, 0.05) is 11.8 Å². The number of aromatic nitrogens is 1. The largest absolute Gasteiger partial charge is 0.308 e. The van der Waals surface area contributed by atoms with Crippen LogP contribution in [0.25, 0.3) is 0 Å². The minimum absolute atomic E-state index is 0.242. The van der Waals surface area contributed by atoms with Gasteiger partial charge in [-0.15, -0.1) is 0 Å². The third-order valence-corrected chi connectivity index (χ3v) is 3.18. The number of rotatable bonds is 3. The Morgan fingerprint density at radius 3 is 2.71 bits per heavy atom. The lowest BCUT2D eigenvalue weighted by Gasteiger charge is -2.17. The van der Waals surface area contributed by atoms with Crippen LogP contribution >= 0.6 is 15.9 Å². The molecule has 0 radical (unpaired) electrons. The van der Waals surface area contributed by atoms with Crippen LogP contribution in [0.2, 0.25) is 0 Å². The zero-order valence-electron chi connectivity index (χ0n) is 9.32. The fraction of sp³-hybridized carbons (Fsp3) is 0.154. The Labute approximate surface area is 108 Å². The van der Waals surface area contributed by atoms with Gasteiger partial charge in [0.05, 0.1) is 16.2 Å². The number of pyridine rings is 1. The van der Waals surface area contributed by atoms with Gasteiger partial charge in [0.1, 0.15) is 5.82 Å². The predicted molar refractivity (Wildman–Crippen MR) is 69.2 cm³/mol. The Balaban J connectivity index is 2.46. The summed E-state index contributed by atoms with van der Waals surface area (Å²) in [5, 5.41) is 3.08. The van der Waals surface area contributed by atoms with E-state index in [0.717, 1.165) is 5.69 Å². The molecule has 1 N–H and O–H groups in total. The Kier molecular flexibility index (Phi) is 3.86. The first-order chi connectivity index (χ1) is 8.24. The maximum atomic E-state index is 14.0. The number of halogens is 2. The van der Waals surface area contributed by atoms with Crippen LogP contribution in [0.15, 0.2) is 47.1 Å². The van der Waals surface area contributed by atoms with Crippen LogP contribution in [-0.4, -0.2) is 12.0 Å². The van der Waals surface area contributed by atoms with Gasteiger partial charge in [-0.3, -0.25) is 4.98 Å². The van der Waals surface area contributed by atoms with Crippen molar-refractivity contribution < 1.29 is 4.39 Å². The topological polar surface area (TPSA) is 24.9 Å². The van der Waals surface area contributed by atoms with Crippen molar-refractivity contribution in [2.75, 3.05) is 7.05 Å². The van der Waals surface area contributed by atoms with Crippen LogP contribution in [0.4, 0.5) is 4.39 Å². The Morgan fingerprint density at radius 2 is 2.06 bits per heavy atom. The molecule has 2 nitrogen and oxygen atoms in total. The third-order valence-electron chi connectivity index (χ3n) is 2.56. The van der Waals surface area contributed by atoms with E-state index in [4.69, 9.17) is 0 Å². The SMILES string of the molecule is CNC(c1ccccn1)c1cccc(Br)c1F. The summed E-state index contributed by atoms with van der Waals surface area (Å²) in [5.41, 5.74) is 1.38. The molecule has 0 aliphatic rings. The molecule has 1 heterocycles. The summed E-state index contributed by atoms with van der Waals surface area (Å²) in [5.74, 6) is -0.252. The Morgan fingerprint density at radius 1 is 1.24 bits per heavy atom. The zero-order chi connectivity index (χ0) is 12.3. The summed E-state index contributed by atoms with van der Waals surface area (Å²) in [4.78, 5) is 4.25. The fourth-order valence-electron chi connectivity index (χ4n) is 1.75. The zero-order valence-corrected chi connectivity index (χ0v) is 10.9. The average Bonchev–Trinajstić information content (AvgIpc) is 2.37. The van der Waals surface area contributed by atoms with E-state index in [1.165, 1.54) is 0 Å². The Hall–Kier alpha value is -1.26. The number of benzene rings is 1. The number of hydrogen-bond donors (Lipinski definition) is 1. The first-order valence-corrected chi connectivity index (χ1v) is 6.05. The molecule has 2 aromatic rings. The van der Waals surface area contributed by atoms with Crippen molar-refractivity contribution >= 4 is 15.9 Å². The smallest absolute Gasteiger partial charge is 0.142 e. The molecule has 17 heavy (non-hydrogen) atoms. The molecule has 0 fully saturated rings. The molecule has 1 aromatic heterocycles. The highest BCUT2D eigenvalue weighted by Crippen LogP contribution is 2.26. The summed E-state index contributed by atoms with van der Waals surface area (Å²) in [7, 11) is 1.79. The molecule has 1 unspecified atom stereocenters. The monoisotopic (exact) mass is 294 g/mol. The van der Waals surface area contributed by atoms with Crippen molar-refractivity contribution in [3.05, 3.63) is 64.1 Å². The van der Waals surface area contributed by atoms with Crippen molar-refractivity contribution in [2.24, 2.45) is 0 Å². The summed E-state index contributed by atoms with van der Waals surface area (Å²) < 4.78 is 14.5. The van der Waals surface area contributed by atoms with Gasteiger partial charge in [-0.25, -0.2) is 4.39 Å². The van der Waals surface area contributed by atoms with E-state index in [0.29, 0.717) is 10.0 Å². The van der Waals surface area contributed by atoms with Gasteiger partial charge in [0.25, 0.3) is 0 Å². The highest BCUT2D eigenvalue weighted by atomic mass is 79.9. The highest BCUT2D eigenvalue weighted by Gasteiger charge is 2.18. The normalized spacial score (nSPS) is 12.4. The maximum Gasteiger partial charge on any atom is 0.142 e. The van der Waals surface area contributed by atoms with Gasteiger partial charge in [-0.1, -0.05) is 18.2 Å². The summed E-state index contributed by atoms with van der Waals surface area (Å²) in [6, 6.07) is 10.6. The van der Waals surface area contributed by atoms with Gasteiger partial charge in [-0.05, 0) is 41.2 Å². The van der Waals surface area contributed by atoms with Crippen molar-refractivity contribution in [2.45, 2.75) is 6.04 Å². The summed E-state index contributed by atoms with van der Waals surface area (Å²) in [6.07, 6.45) is 1.70. The van der Waals surface area contributed by atoms with Crippen LogP contribution in [0.5, 0.6) is 0 Å². The first-order valence-electron chi connectivity index (χ1n) is 5.26. The second-order valence-corrected chi connectivity index (χ2v) is 4.47. The molecule has 4 heteroatoms. The van der Waals surface area contributed by atoms with E-state index in [1.807, 2.05) is 24.3 Å². The van der Waals surface area contributed by atoms with Gasteiger partial charge in [0.15, 0.2) is 0 Å². The van der Waals surface area contributed by atoms with Crippen LogP contribution < -0.4 is 5.32 Å². The number of nitrogens with zero attached hydrogens (tertiary/aromatic N) is 1. The van der Waals surface area contributed by atoms with E-state index in [9.17, 15) is 4.39 Å². The van der Waals surface area contributed by atoms with Crippen LogP contribution in [0, 0.1) is 5.82 Å². The molecular formula is C13H12BrFN2. The van der Waals surface area contributed by atoms with E-state index < -0.39 is 0 Å². The third kappa shape index (κ3) is 2.53. The second kappa shape index (κ2) is 5.38. The molecule has 0 bridgehead atoms. The van der Waals surface area contributed by atoms with Crippen molar-refractivity contribution in [1.29, 1.82) is 0 Å². The fourth-order valence-corrected chi connectivity index (χ4v) is 2.13. The Bertz CT molecular complexity index is 502. The van der Waals surface area contributed by atoms with Crippen LogP contribution in [-0.2, 0) is 0 Å². The summed E-state index contributed by atoms with van der Waals surface area (Å²) >= 11 is 3.19. The van der Waals surface area contributed by atoms with E-state index >= 15 is 0 Å². The lowest BCUT2D eigenvalue weighted by Crippen LogP contribution is -2.20. The molecule has 88 valence electrons. The quantitative estimate of drug-likeness (QED) is 0.940. The summed E-state index contributed by atoms with van der Waals surface area (Å²) in [6.45, 7) is 0. The lowest BCUT2D eigenvalue weighted by molar-refractivity contribution is 0.565. The molecule has 0 saturated carbocycles. The van der Waals surface area contributed by atoms with Gasteiger partial charge >= 0.3 is 0 Å². The first kappa shape index (κ1) is 12.2. The van der Waals surface area contributed by atoms with E-state index in [-0.39, 0.29) is 11.9 Å². The van der Waals surface area contributed by atoms with Crippen LogP contribution in [0.3, 0.4) is 0 Å². The van der Waals surface area contributed by atoms with E-state index in [1.54, 1.807) is 25.4 Å². The van der Waals surface area contributed by atoms with Crippen molar-refractivity contribution in [3.8, 4) is 0 Å². The molecule has 1 aromatic carbocycles. The molecule has 1 atom stereocenters. The van der Waals surface area contributed by atoms with Crippen molar-refractivity contribution in [3.63, 3.8) is 0 Å². The van der Waals surface area contributed by atoms with Crippen molar-refractivity contribution in [1.82, 2.24) is 10.3 Å². The average molecular weight is 295 g/mol. The second-order valence-electron chi connectivity index (χ2n) is 3.62. The molecule has 0 spiro atoms. The van der Waals surface area contributed by atoms with Gasteiger partial charge in [-0.2, -0.15) is 0 Å². The minimum atomic E-state index is -0.252. The molecule has 0 aliphatic heterocycles. The molecular weight excluding hydrogens is 283 g/mol. The standard InChI is InChI=1S/C13H12BrFN2/c1-16-13(11-7-2-3-8-17-11)9-5-4-6-10(14)12(9)15/h2-8,13,16H,1H3. The molecule has 0 aliphatic carbocycles. The van der Waals surface area contributed by atoms with Gasteiger partial charge in [0.2, 0.25) is 0 Å². The van der Waals surface area contributed by atoms with E-state index in [2.05, 4.69) is 26.2 Å². The number of hydrogen-bond acceptors (Lipinski definition) is 2. The predicted octanol–water partition coefficient (Wildman–Crippen LogP) is 3.29.